The van der Waals surface area contributed by atoms with Crippen molar-refractivity contribution in [3.05, 3.63) is 42.5 Å². The van der Waals surface area contributed by atoms with E-state index < -0.39 is 46.4 Å². The van der Waals surface area contributed by atoms with Crippen molar-refractivity contribution in [2.24, 2.45) is 0 Å². The van der Waals surface area contributed by atoms with Crippen molar-refractivity contribution in [2.45, 2.75) is 29.7 Å². The van der Waals surface area contributed by atoms with Gasteiger partial charge in [0.1, 0.15) is 0 Å². The Labute approximate surface area is 167 Å². The van der Waals surface area contributed by atoms with Crippen molar-refractivity contribution >= 4 is 38.6 Å². The lowest BCUT2D eigenvalue weighted by molar-refractivity contribution is -0.161. The number of aliphatic carboxylic acids is 2. The van der Waals surface area contributed by atoms with Crippen molar-refractivity contribution in [3.63, 3.8) is 0 Å². The standard InChI is InChI=1S/C19H20N2O7S/c22-16(21-9-3-8-19(21,18(25)26)11-17(23)24)12-20-29(27,28)15-7-6-13-4-1-2-5-14(13)10-15/h1-2,4-7,10,20H,3,8-9,11-12H2,(H,23,24)(H,25,26)/t19-/m1/s1. The molecule has 1 saturated heterocycles. The molecule has 3 N–H and O–H groups in total. The average molecular weight is 420 g/mol. The minimum Gasteiger partial charge on any atom is -0.481 e. The Kier molecular flexibility index (Phi) is 5.58. The van der Waals surface area contributed by atoms with Gasteiger partial charge in [0, 0.05) is 6.54 Å². The second-order valence-corrected chi connectivity index (χ2v) is 8.66. The molecule has 9 nitrogen and oxygen atoms in total. The zero-order chi connectivity index (χ0) is 21.2. The molecule has 154 valence electrons. The fourth-order valence-electron chi connectivity index (χ4n) is 3.64. The summed E-state index contributed by atoms with van der Waals surface area (Å²) in [5.74, 6) is -3.54. The SMILES string of the molecule is O=C(O)C[C@@]1(C(=O)O)CCCN1C(=O)CNS(=O)(=O)c1ccc2ccccc2c1. The van der Waals surface area contributed by atoms with Gasteiger partial charge in [0.25, 0.3) is 0 Å². The lowest BCUT2D eigenvalue weighted by Gasteiger charge is -2.33. The molecule has 0 radical (unpaired) electrons. The van der Waals surface area contributed by atoms with E-state index in [9.17, 15) is 27.9 Å². The maximum absolute atomic E-state index is 12.6. The molecule has 1 amide bonds. The molecule has 0 saturated carbocycles. The van der Waals surface area contributed by atoms with Crippen LogP contribution >= 0.6 is 0 Å². The maximum Gasteiger partial charge on any atom is 0.330 e. The number of hydrogen-bond acceptors (Lipinski definition) is 5. The molecule has 1 atom stereocenters. The van der Waals surface area contributed by atoms with Gasteiger partial charge in [-0.2, -0.15) is 0 Å². The predicted molar refractivity (Wildman–Crippen MR) is 103 cm³/mol. The largest absolute Gasteiger partial charge is 0.481 e. The number of amides is 1. The quantitative estimate of drug-likeness (QED) is 0.608. The Bertz CT molecular complexity index is 1080. The number of fused-ring (bicyclic) bond motifs is 1. The Balaban J connectivity index is 1.77. The van der Waals surface area contributed by atoms with E-state index in [1.54, 1.807) is 18.2 Å². The summed E-state index contributed by atoms with van der Waals surface area (Å²) in [5, 5.41) is 20.2. The van der Waals surface area contributed by atoms with Crippen molar-refractivity contribution in [3.8, 4) is 0 Å². The number of hydrogen-bond donors (Lipinski definition) is 3. The average Bonchev–Trinajstić information content (AvgIpc) is 3.10. The van der Waals surface area contributed by atoms with Gasteiger partial charge in [-0.25, -0.2) is 17.9 Å². The van der Waals surface area contributed by atoms with E-state index in [2.05, 4.69) is 4.72 Å². The third-order valence-electron chi connectivity index (χ3n) is 5.08. The lowest BCUT2D eigenvalue weighted by Crippen LogP contribution is -2.56. The molecular weight excluding hydrogens is 400 g/mol. The molecule has 0 spiro atoms. The number of likely N-dealkylation sites (tertiary alicyclic amines) is 1. The van der Waals surface area contributed by atoms with E-state index in [1.807, 2.05) is 12.1 Å². The summed E-state index contributed by atoms with van der Waals surface area (Å²) in [6.07, 6.45) is -0.425. The summed E-state index contributed by atoms with van der Waals surface area (Å²) >= 11 is 0. The summed E-state index contributed by atoms with van der Waals surface area (Å²) in [6.45, 7) is -0.611. The Morgan fingerprint density at radius 2 is 1.76 bits per heavy atom. The third-order valence-corrected chi connectivity index (χ3v) is 6.48. The highest BCUT2D eigenvalue weighted by Gasteiger charge is 2.51. The molecule has 10 heteroatoms. The van der Waals surface area contributed by atoms with Gasteiger partial charge in [-0.05, 0) is 35.7 Å². The van der Waals surface area contributed by atoms with Gasteiger partial charge >= 0.3 is 11.9 Å². The zero-order valence-corrected chi connectivity index (χ0v) is 16.2. The fraction of sp³-hybridized carbons (Fsp3) is 0.316. The highest BCUT2D eigenvalue weighted by atomic mass is 32.2. The lowest BCUT2D eigenvalue weighted by atomic mass is 9.92. The number of sulfonamides is 1. The van der Waals surface area contributed by atoms with E-state index in [0.717, 1.165) is 10.3 Å². The monoisotopic (exact) mass is 420 g/mol. The molecule has 2 aromatic carbocycles. The van der Waals surface area contributed by atoms with Gasteiger partial charge in [0.05, 0.1) is 17.9 Å². The zero-order valence-electron chi connectivity index (χ0n) is 15.4. The number of benzene rings is 2. The normalized spacial score (nSPS) is 19.4. The minimum atomic E-state index is -4.02. The van der Waals surface area contributed by atoms with Crippen LogP contribution < -0.4 is 4.72 Å². The molecule has 0 aliphatic carbocycles. The maximum atomic E-state index is 12.6. The summed E-state index contributed by atoms with van der Waals surface area (Å²) in [7, 11) is -4.02. The predicted octanol–water partition coefficient (Wildman–Crippen LogP) is 1.04. The molecule has 29 heavy (non-hydrogen) atoms. The van der Waals surface area contributed by atoms with Crippen molar-refractivity contribution in [1.29, 1.82) is 0 Å². The van der Waals surface area contributed by atoms with Crippen LogP contribution in [0, 0.1) is 0 Å². The minimum absolute atomic E-state index is 0.00218. The smallest absolute Gasteiger partial charge is 0.330 e. The van der Waals surface area contributed by atoms with Gasteiger partial charge in [-0.15, -0.1) is 0 Å². The first-order chi connectivity index (χ1) is 13.7. The summed E-state index contributed by atoms with van der Waals surface area (Å²) < 4.78 is 27.3. The number of carboxylic acid groups (broad SMARTS) is 2. The van der Waals surface area contributed by atoms with Crippen LogP contribution in [0.1, 0.15) is 19.3 Å². The first kappa shape index (κ1) is 20.7. The van der Waals surface area contributed by atoms with Crippen LogP contribution in [0.5, 0.6) is 0 Å². The second kappa shape index (κ2) is 7.80. The van der Waals surface area contributed by atoms with Crippen LogP contribution in [0.4, 0.5) is 0 Å². The molecule has 0 aromatic heterocycles. The molecule has 1 fully saturated rings. The van der Waals surface area contributed by atoms with Crippen LogP contribution in [0.25, 0.3) is 10.8 Å². The number of carboxylic acids is 2. The fourth-order valence-corrected chi connectivity index (χ4v) is 4.65. The van der Waals surface area contributed by atoms with Crippen LogP contribution in [-0.4, -0.2) is 60.0 Å². The number of nitrogens with one attached hydrogen (secondary N) is 1. The number of carbonyl (C=O) groups excluding carboxylic acids is 1. The molecule has 0 unspecified atom stereocenters. The summed E-state index contributed by atoms with van der Waals surface area (Å²) in [4.78, 5) is 36.4. The van der Waals surface area contributed by atoms with Gasteiger partial charge < -0.3 is 15.1 Å². The summed E-state index contributed by atoms with van der Waals surface area (Å²) in [5.41, 5.74) is -1.86. The molecular formula is C19H20N2O7S. The van der Waals surface area contributed by atoms with Crippen molar-refractivity contribution in [2.75, 3.05) is 13.1 Å². The Morgan fingerprint density at radius 3 is 2.41 bits per heavy atom. The van der Waals surface area contributed by atoms with Crippen LogP contribution in [0.3, 0.4) is 0 Å². The van der Waals surface area contributed by atoms with Crippen LogP contribution in [0.2, 0.25) is 0 Å². The van der Waals surface area contributed by atoms with E-state index in [1.165, 1.54) is 12.1 Å². The number of nitrogens with zero attached hydrogens (tertiary/aromatic N) is 1. The summed E-state index contributed by atoms with van der Waals surface area (Å²) in [6, 6.07) is 11.7. The number of carbonyl (C=O) groups is 3. The first-order valence-electron chi connectivity index (χ1n) is 8.90. The van der Waals surface area contributed by atoms with Crippen LogP contribution in [0.15, 0.2) is 47.4 Å². The highest BCUT2D eigenvalue weighted by molar-refractivity contribution is 7.89. The van der Waals surface area contributed by atoms with Gasteiger partial charge in [0.2, 0.25) is 15.9 Å². The van der Waals surface area contributed by atoms with E-state index in [0.29, 0.717) is 11.8 Å². The van der Waals surface area contributed by atoms with Gasteiger partial charge in [0.15, 0.2) is 5.54 Å². The van der Waals surface area contributed by atoms with Crippen LogP contribution in [-0.2, 0) is 24.4 Å². The van der Waals surface area contributed by atoms with Gasteiger partial charge in [-0.3, -0.25) is 9.59 Å². The number of rotatable bonds is 7. The van der Waals surface area contributed by atoms with Crippen molar-refractivity contribution < 1.29 is 33.0 Å². The van der Waals surface area contributed by atoms with E-state index in [-0.39, 0.29) is 17.9 Å². The highest BCUT2D eigenvalue weighted by Crippen LogP contribution is 2.33. The second-order valence-electron chi connectivity index (χ2n) is 6.89. The van der Waals surface area contributed by atoms with Gasteiger partial charge in [-0.1, -0.05) is 30.3 Å². The van der Waals surface area contributed by atoms with Crippen molar-refractivity contribution in [1.82, 2.24) is 9.62 Å². The molecule has 1 aliphatic rings. The molecule has 1 heterocycles. The Morgan fingerprint density at radius 1 is 1.07 bits per heavy atom. The Hall–Kier alpha value is -2.98. The molecule has 0 bridgehead atoms. The van der Waals surface area contributed by atoms with E-state index >= 15 is 0 Å². The van der Waals surface area contributed by atoms with E-state index in [4.69, 9.17) is 5.11 Å². The first-order valence-corrected chi connectivity index (χ1v) is 10.4. The topological polar surface area (TPSA) is 141 Å². The molecule has 1 aliphatic heterocycles. The molecule has 3 rings (SSSR count). The molecule has 2 aromatic rings. The third kappa shape index (κ3) is 4.08.